The molecule has 0 radical (unpaired) electrons. The number of para-hydroxylation sites is 2. The van der Waals surface area contributed by atoms with E-state index in [9.17, 15) is 0 Å². The van der Waals surface area contributed by atoms with Gasteiger partial charge in [-0.1, -0.05) is 30.0 Å². The Bertz CT molecular complexity index is 1060. The number of nitrogens with zero attached hydrogens (tertiary/aromatic N) is 1. The van der Waals surface area contributed by atoms with Gasteiger partial charge in [0.2, 0.25) is 0 Å². The van der Waals surface area contributed by atoms with Crippen LogP contribution in [0.15, 0.2) is 64.5 Å². The number of benzene rings is 2. The molecule has 4 rings (SSSR count). The SMILES string of the molecule is [2H]C([2H])([2H])c1cnc(-c2cccc3c2Oc2ccccc2S3)cc1C([2H])([2H])[2H]. The fourth-order valence-corrected chi connectivity index (χ4v) is 3.34. The van der Waals surface area contributed by atoms with Gasteiger partial charge in [0.15, 0.2) is 5.75 Å². The van der Waals surface area contributed by atoms with E-state index >= 15 is 0 Å². The Labute approximate surface area is 142 Å². The van der Waals surface area contributed by atoms with E-state index in [0.717, 1.165) is 16.0 Å². The molecule has 1 aliphatic heterocycles. The van der Waals surface area contributed by atoms with Crippen LogP contribution in [0.1, 0.15) is 19.4 Å². The molecule has 2 nitrogen and oxygen atoms in total. The van der Waals surface area contributed by atoms with E-state index in [1.165, 1.54) is 6.07 Å². The van der Waals surface area contributed by atoms with Crippen LogP contribution in [0.5, 0.6) is 11.5 Å². The lowest BCUT2D eigenvalue weighted by atomic mass is 10.1. The first-order valence-electron chi connectivity index (χ1n) is 9.74. The van der Waals surface area contributed by atoms with Gasteiger partial charge in [0.1, 0.15) is 5.75 Å². The summed E-state index contributed by atoms with van der Waals surface area (Å²) in [5.74, 6) is 1.29. The quantitative estimate of drug-likeness (QED) is 0.455. The maximum Gasteiger partial charge on any atom is 0.150 e. The van der Waals surface area contributed by atoms with E-state index in [4.69, 9.17) is 13.0 Å². The maximum atomic E-state index is 7.76. The van der Waals surface area contributed by atoms with Gasteiger partial charge < -0.3 is 4.74 Å². The fourth-order valence-electron chi connectivity index (χ4n) is 2.35. The molecule has 2 aromatic carbocycles. The normalized spacial score (nSPS) is 17.5. The molecule has 0 spiro atoms. The van der Waals surface area contributed by atoms with E-state index in [-0.39, 0.29) is 11.1 Å². The second kappa shape index (κ2) is 5.18. The van der Waals surface area contributed by atoms with Crippen LogP contribution >= 0.6 is 11.8 Å². The van der Waals surface area contributed by atoms with E-state index in [2.05, 4.69) is 4.98 Å². The largest absolute Gasteiger partial charge is 0.454 e. The fraction of sp³-hybridized carbons (Fsp3) is 0.105. The highest BCUT2D eigenvalue weighted by molar-refractivity contribution is 7.99. The second-order valence-electron chi connectivity index (χ2n) is 4.90. The average molecular weight is 311 g/mol. The molecular formula is C19H15NOS. The lowest BCUT2D eigenvalue weighted by Gasteiger charge is -2.21. The number of ether oxygens (including phenoxy) is 1. The Morgan fingerprint density at radius 3 is 2.77 bits per heavy atom. The molecule has 0 bridgehead atoms. The van der Waals surface area contributed by atoms with Gasteiger partial charge in [-0.25, -0.2) is 0 Å². The molecule has 0 aliphatic carbocycles. The minimum atomic E-state index is -2.57. The van der Waals surface area contributed by atoms with Crippen molar-refractivity contribution in [3.05, 3.63) is 65.9 Å². The van der Waals surface area contributed by atoms with Crippen molar-refractivity contribution in [1.29, 1.82) is 0 Å². The van der Waals surface area contributed by atoms with Crippen LogP contribution in [0.25, 0.3) is 11.3 Å². The zero-order chi connectivity index (χ0) is 20.1. The highest BCUT2D eigenvalue weighted by atomic mass is 32.2. The van der Waals surface area contributed by atoms with Crippen molar-refractivity contribution in [2.45, 2.75) is 23.5 Å². The van der Waals surface area contributed by atoms with Gasteiger partial charge in [0.25, 0.3) is 0 Å². The van der Waals surface area contributed by atoms with Crippen molar-refractivity contribution < 1.29 is 13.0 Å². The molecule has 2 heterocycles. The highest BCUT2D eigenvalue weighted by Crippen LogP contribution is 2.50. The first-order valence-corrected chi connectivity index (χ1v) is 7.55. The number of rotatable bonds is 1. The number of fused-ring (bicyclic) bond motifs is 2. The summed E-state index contributed by atoms with van der Waals surface area (Å²) in [5, 5.41) is 0. The van der Waals surface area contributed by atoms with Crippen molar-refractivity contribution in [2.75, 3.05) is 0 Å². The molecule has 0 unspecified atom stereocenters. The molecule has 1 aliphatic rings. The molecule has 0 N–H and O–H groups in total. The van der Waals surface area contributed by atoms with Crippen LogP contribution in [-0.4, -0.2) is 4.98 Å². The topological polar surface area (TPSA) is 22.1 Å². The molecule has 0 atom stereocenters. The summed E-state index contributed by atoms with van der Waals surface area (Å²) in [5.41, 5.74) is 0.485. The van der Waals surface area contributed by atoms with Crippen molar-refractivity contribution >= 4 is 11.8 Å². The van der Waals surface area contributed by atoms with E-state index in [0.29, 0.717) is 22.8 Å². The van der Waals surface area contributed by atoms with Crippen molar-refractivity contribution in [3.63, 3.8) is 0 Å². The Kier molecular flexibility index (Phi) is 1.98. The standard InChI is InChI=1S/C19H15NOS/c1-12-10-15(20-11-13(12)2)14-6-5-9-18-19(14)21-16-7-3-4-8-17(16)22-18/h3-11H,1-2H3/i1D3,2D3. The number of aryl methyl sites for hydroxylation is 2. The van der Waals surface area contributed by atoms with Gasteiger partial charge in [0.05, 0.1) is 15.5 Å². The third kappa shape index (κ3) is 2.18. The average Bonchev–Trinajstić information content (AvgIpc) is 2.64. The van der Waals surface area contributed by atoms with E-state index in [1.54, 1.807) is 17.8 Å². The first-order chi connectivity index (χ1) is 13.1. The van der Waals surface area contributed by atoms with Crippen molar-refractivity contribution in [2.24, 2.45) is 0 Å². The van der Waals surface area contributed by atoms with Gasteiger partial charge in [0, 0.05) is 20.0 Å². The zero-order valence-electron chi connectivity index (χ0n) is 17.5. The van der Waals surface area contributed by atoms with Crippen LogP contribution in [-0.2, 0) is 0 Å². The Morgan fingerprint density at radius 1 is 1.00 bits per heavy atom. The monoisotopic (exact) mass is 311 g/mol. The van der Waals surface area contributed by atoms with Crippen LogP contribution in [0, 0.1) is 13.7 Å². The summed E-state index contributed by atoms with van der Waals surface area (Å²) in [6.07, 6.45) is 1.13. The number of aromatic nitrogens is 1. The van der Waals surface area contributed by atoms with E-state index < -0.39 is 13.7 Å². The lowest BCUT2D eigenvalue weighted by Crippen LogP contribution is -1.98. The molecule has 3 aromatic rings. The Balaban J connectivity index is 1.86. The first kappa shape index (κ1) is 8.39. The van der Waals surface area contributed by atoms with Crippen molar-refractivity contribution in [3.8, 4) is 22.8 Å². The third-order valence-electron chi connectivity index (χ3n) is 3.44. The Hall–Kier alpha value is -2.26. The zero-order valence-corrected chi connectivity index (χ0v) is 12.3. The summed E-state index contributed by atoms with van der Waals surface area (Å²) in [6.45, 7) is -5.13. The molecule has 0 amide bonds. The summed E-state index contributed by atoms with van der Waals surface area (Å²) < 4.78 is 52.2. The van der Waals surface area contributed by atoms with Crippen molar-refractivity contribution in [1.82, 2.24) is 4.98 Å². The molecular weight excluding hydrogens is 290 g/mol. The smallest absolute Gasteiger partial charge is 0.150 e. The Morgan fingerprint density at radius 2 is 1.86 bits per heavy atom. The minimum absolute atomic E-state index is 0.223. The molecule has 0 saturated carbocycles. The second-order valence-corrected chi connectivity index (χ2v) is 5.98. The molecule has 22 heavy (non-hydrogen) atoms. The van der Waals surface area contributed by atoms with Gasteiger partial charge >= 0.3 is 0 Å². The number of hydrogen-bond donors (Lipinski definition) is 0. The van der Waals surface area contributed by atoms with Gasteiger partial charge in [-0.15, -0.1) is 0 Å². The summed E-state index contributed by atoms with van der Waals surface area (Å²) in [6, 6.07) is 14.5. The third-order valence-corrected chi connectivity index (χ3v) is 4.54. The lowest BCUT2D eigenvalue weighted by molar-refractivity contribution is 0.456. The van der Waals surface area contributed by atoms with Crippen LogP contribution in [0.3, 0.4) is 0 Å². The minimum Gasteiger partial charge on any atom is -0.454 e. The summed E-state index contributed by atoms with van der Waals surface area (Å²) >= 11 is 1.55. The summed E-state index contributed by atoms with van der Waals surface area (Å²) in [4.78, 5) is 6.12. The van der Waals surface area contributed by atoms with Crippen LogP contribution in [0.2, 0.25) is 0 Å². The predicted octanol–water partition coefficient (Wildman–Crippen LogP) is 5.62. The van der Waals surface area contributed by atoms with Gasteiger partial charge in [-0.05, 0) is 55.2 Å². The van der Waals surface area contributed by atoms with Crippen LogP contribution in [0.4, 0.5) is 0 Å². The van der Waals surface area contributed by atoms with Gasteiger partial charge in [-0.3, -0.25) is 4.98 Å². The molecule has 0 fully saturated rings. The van der Waals surface area contributed by atoms with E-state index in [1.807, 2.05) is 36.4 Å². The molecule has 3 heteroatoms. The molecule has 108 valence electrons. The van der Waals surface area contributed by atoms with Crippen LogP contribution < -0.4 is 4.74 Å². The maximum absolute atomic E-state index is 7.76. The number of hydrogen-bond acceptors (Lipinski definition) is 3. The highest BCUT2D eigenvalue weighted by Gasteiger charge is 2.21. The number of pyridine rings is 1. The molecule has 0 saturated heterocycles. The predicted molar refractivity (Wildman–Crippen MR) is 89.8 cm³/mol. The summed E-state index contributed by atoms with van der Waals surface area (Å²) in [7, 11) is 0. The molecule has 1 aromatic heterocycles. The van der Waals surface area contributed by atoms with Gasteiger partial charge in [-0.2, -0.15) is 0 Å².